The van der Waals surface area contributed by atoms with Gasteiger partial charge in [-0.2, -0.15) is 0 Å². The molecule has 24 heavy (non-hydrogen) atoms. The molecule has 1 aliphatic heterocycles. The number of nitrogens with one attached hydrogen (secondary N) is 2. The molecular weight excluding hydrogens is 310 g/mol. The Labute approximate surface area is 139 Å². The summed E-state index contributed by atoms with van der Waals surface area (Å²) >= 11 is 0. The third kappa shape index (κ3) is 2.18. The Kier molecular flexibility index (Phi) is 3.49. The molecule has 1 heterocycles. The van der Waals surface area contributed by atoms with Crippen LogP contribution >= 0.6 is 0 Å². The molecule has 2 saturated carbocycles. The van der Waals surface area contributed by atoms with Crippen LogP contribution in [0, 0.1) is 28.4 Å². The van der Waals surface area contributed by atoms with Gasteiger partial charge in [-0.25, -0.2) is 4.79 Å². The first-order valence-electron chi connectivity index (χ1n) is 8.45. The van der Waals surface area contributed by atoms with Crippen LogP contribution in [0.1, 0.15) is 31.2 Å². The second kappa shape index (κ2) is 5.44. The number of fused-ring (bicyclic) bond motifs is 2. The minimum atomic E-state index is -0.439. The van der Waals surface area contributed by atoms with Crippen molar-refractivity contribution in [1.29, 1.82) is 0 Å². The number of carbonyl (C=O) groups excluding carboxylic acids is 1. The van der Waals surface area contributed by atoms with Crippen LogP contribution in [0.4, 0.5) is 16.2 Å². The lowest BCUT2D eigenvalue weighted by atomic mass is 9.46. The van der Waals surface area contributed by atoms with Crippen LogP contribution in [0.5, 0.6) is 0 Å². The van der Waals surface area contributed by atoms with Crippen molar-refractivity contribution in [2.45, 2.75) is 44.8 Å². The summed E-state index contributed by atoms with van der Waals surface area (Å²) in [6.45, 7) is 2.54. The zero-order valence-electron chi connectivity index (χ0n) is 13.6. The summed E-state index contributed by atoms with van der Waals surface area (Å²) in [6, 6.07) is 4.38. The van der Waals surface area contributed by atoms with Gasteiger partial charge in [-0.1, -0.05) is 6.42 Å². The quantitative estimate of drug-likeness (QED) is 0.658. The molecule has 0 unspecified atom stereocenters. The van der Waals surface area contributed by atoms with E-state index in [1.54, 1.807) is 13.0 Å². The molecule has 2 aliphatic carbocycles. The summed E-state index contributed by atoms with van der Waals surface area (Å²) in [6.07, 6.45) is 4.77. The van der Waals surface area contributed by atoms with Crippen LogP contribution in [0.15, 0.2) is 18.2 Å². The van der Waals surface area contributed by atoms with Gasteiger partial charge in [0.15, 0.2) is 0 Å². The van der Waals surface area contributed by atoms with Crippen LogP contribution < -0.4 is 10.6 Å². The Morgan fingerprint density at radius 2 is 2.21 bits per heavy atom. The fourth-order valence-electron chi connectivity index (χ4n) is 4.66. The number of ether oxygens (including phenoxy) is 1. The minimum absolute atomic E-state index is 0.0248. The Balaban J connectivity index is 1.43. The number of nitro groups is 1. The van der Waals surface area contributed by atoms with E-state index in [-0.39, 0.29) is 23.2 Å². The van der Waals surface area contributed by atoms with Gasteiger partial charge in [-0.05, 0) is 37.8 Å². The molecule has 1 saturated heterocycles. The Hall–Kier alpha value is -2.15. The van der Waals surface area contributed by atoms with Gasteiger partial charge in [0.2, 0.25) is 0 Å². The number of anilines is 1. The van der Waals surface area contributed by atoms with Crippen molar-refractivity contribution >= 4 is 17.4 Å². The summed E-state index contributed by atoms with van der Waals surface area (Å²) in [7, 11) is 0. The lowest BCUT2D eigenvalue weighted by molar-refractivity contribution is -0.384. The molecule has 3 aliphatic rings. The third-order valence-corrected chi connectivity index (χ3v) is 5.99. The molecule has 3 fully saturated rings. The van der Waals surface area contributed by atoms with Gasteiger partial charge < -0.3 is 15.4 Å². The van der Waals surface area contributed by atoms with Crippen LogP contribution in [0.2, 0.25) is 0 Å². The van der Waals surface area contributed by atoms with E-state index < -0.39 is 4.92 Å². The predicted octanol–water partition coefficient (Wildman–Crippen LogP) is 2.98. The van der Waals surface area contributed by atoms with E-state index in [0.717, 1.165) is 25.9 Å². The highest BCUT2D eigenvalue weighted by molar-refractivity contribution is 5.90. The fourth-order valence-corrected chi connectivity index (χ4v) is 4.66. The van der Waals surface area contributed by atoms with Gasteiger partial charge in [0, 0.05) is 41.8 Å². The van der Waals surface area contributed by atoms with Crippen LogP contribution in [-0.2, 0) is 4.74 Å². The molecular formula is C17H21N3O4. The lowest BCUT2D eigenvalue weighted by Crippen LogP contribution is -2.72. The smallest absolute Gasteiger partial charge is 0.319 e. The largest absolute Gasteiger partial charge is 0.377 e. The van der Waals surface area contributed by atoms with Crippen LogP contribution in [0.3, 0.4) is 0 Å². The molecule has 0 aromatic heterocycles. The fraction of sp³-hybridized carbons (Fsp3) is 0.588. The number of nitro benzene ring substituents is 1. The number of nitrogens with zero attached hydrogens (tertiary/aromatic N) is 1. The van der Waals surface area contributed by atoms with E-state index in [1.165, 1.54) is 18.6 Å². The van der Waals surface area contributed by atoms with E-state index in [1.807, 2.05) is 0 Å². The molecule has 0 radical (unpaired) electrons. The average Bonchev–Trinajstić information content (AvgIpc) is 2.90. The van der Waals surface area contributed by atoms with Crippen LogP contribution in [-0.4, -0.2) is 29.7 Å². The molecule has 7 nitrogen and oxygen atoms in total. The first kappa shape index (κ1) is 15.4. The van der Waals surface area contributed by atoms with Crippen molar-refractivity contribution in [2.24, 2.45) is 11.3 Å². The number of aryl methyl sites for hydroxylation is 1. The van der Waals surface area contributed by atoms with E-state index in [9.17, 15) is 14.9 Å². The maximum absolute atomic E-state index is 12.4. The molecule has 4 rings (SSSR count). The van der Waals surface area contributed by atoms with Gasteiger partial charge in [0.05, 0.1) is 11.0 Å². The Morgan fingerprint density at radius 3 is 2.83 bits per heavy atom. The molecule has 7 heteroatoms. The van der Waals surface area contributed by atoms with E-state index in [0.29, 0.717) is 23.3 Å². The zero-order valence-corrected chi connectivity index (χ0v) is 13.6. The zero-order chi connectivity index (χ0) is 16.9. The molecule has 1 spiro atoms. The highest BCUT2D eigenvalue weighted by Crippen LogP contribution is 2.62. The maximum atomic E-state index is 12.4. The van der Waals surface area contributed by atoms with Crippen molar-refractivity contribution in [1.82, 2.24) is 5.32 Å². The normalized spacial score (nSPS) is 29.3. The molecule has 0 bridgehead atoms. The SMILES string of the molecule is Cc1cc([N+](=O)[O-])ccc1NC(=O)N[C@@H]1[C@@H]2CCO[C@H]2C12CCC2. The molecule has 1 aromatic carbocycles. The van der Waals surface area contributed by atoms with Crippen molar-refractivity contribution in [2.75, 3.05) is 11.9 Å². The highest BCUT2D eigenvalue weighted by Gasteiger charge is 2.66. The summed E-state index contributed by atoms with van der Waals surface area (Å²) in [5.41, 5.74) is 1.44. The number of benzene rings is 1. The van der Waals surface area contributed by atoms with Gasteiger partial charge in [0.25, 0.3) is 5.69 Å². The predicted molar refractivity (Wildman–Crippen MR) is 87.9 cm³/mol. The average molecular weight is 331 g/mol. The van der Waals surface area contributed by atoms with Gasteiger partial charge >= 0.3 is 6.03 Å². The molecule has 3 atom stereocenters. The molecule has 2 amide bonds. The number of carbonyl (C=O) groups is 1. The standard InChI is InChI=1S/C17H21N3O4/c1-10-9-11(20(22)23)3-4-13(10)18-16(21)19-14-12-5-8-24-15(12)17(14)6-2-7-17/h3-4,9,12,14-15H,2,5-8H2,1H3,(H2,18,19,21)/t12-,14+,15+/m0/s1. The monoisotopic (exact) mass is 331 g/mol. The van der Waals surface area contributed by atoms with Crippen LogP contribution in [0.25, 0.3) is 0 Å². The van der Waals surface area contributed by atoms with Crippen molar-refractivity contribution in [3.05, 3.63) is 33.9 Å². The topological polar surface area (TPSA) is 93.5 Å². The minimum Gasteiger partial charge on any atom is -0.377 e. The van der Waals surface area contributed by atoms with Gasteiger partial charge in [-0.3, -0.25) is 10.1 Å². The number of non-ortho nitro benzene ring substituents is 1. The summed E-state index contributed by atoms with van der Waals surface area (Å²) in [5.74, 6) is 0.425. The first-order chi connectivity index (χ1) is 11.5. The summed E-state index contributed by atoms with van der Waals surface area (Å²) in [5, 5.41) is 16.7. The highest BCUT2D eigenvalue weighted by atomic mass is 16.6. The summed E-state index contributed by atoms with van der Waals surface area (Å²) in [4.78, 5) is 22.8. The van der Waals surface area contributed by atoms with Crippen molar-refractivity contribution in [3.63, 3.8) is 0 Å². The van der Waals surface area contributed by atoms with E-state index in [2.05, 4.69) is 10.6 Å². The maximum Gasteiger partial charge on any atom is 0.319 e. The third-order valence-electron chi connectivity index (χ3n) is 5.99. The van der Waals surface area contributed by atoms with E-state index >= 15 is 0 Å². The van der Waals surface area contributed by atoms with Crippen molar-refractivity contribution in [3.8, 4) is 0 Å². The molecule has 128 valence electrons. The number of rotatable bonds is 3. The molecule has 2 N–H and O–H groups in total. The second-order valence-corrected chi connectivity index (χ2v) is 7.16. The number of amides is 2. The lowest BCUT2D eigenvalue weighted by Gasteiger charge is -2.63. The van der Waals surface area contributed by atoms with Crippen molar-refractivity contribution < 1.29 is 14.5 Å². The molecule has 1 aromatic rings. The second-order valence-electron chi connectivity index (χ2n) is 7.16. The number of hydrogen-bond acceptors (Lipinski definition) is 4. The van der Waals surface area contributed by atoms with Gasteiger partial charge in [0.1, 0.15) is 0 Å². The Morgan fingerprint density at radius 1 is 1.42 bits per heavy atom. The Bertz CT molecular complexity index is 701. The number of hydrogen-bond donors (Lipinski definition) is 2. The number of urea groups is 1. The van der Waals surface area contributed by atoms with E-state index in [4.69, 9.17) is 4.74 Å². The summed E-state index contributed by atoms with van der Waals surface area (Å²) < 4.78 is 5.86. The van der Waals surface area contributed by atoms with Gasteiger partial charge in [-0.15, -0.1) is 0 Å². The first-order valence-corrected chi connectivity index (χ1v) is 8.45.